The van der Waals surface area contributed by atoms with Gasteiger partial charge in [0.25, 0.3) is 0 Å². The van der Waals surface area contributed by atoms with Gasteiger partial charge in [-0.2, -0.15) is 0 Å². The van der Waals surface area contributed by atoms with Crippen molar-refractivity contribution in [1.29, 1.82) is 0 Å². The first-order valence-corrected chi connectivity index (χ1v) is 14.0. The fraction of sp³-hybridized carbons (Fsp3) is 0.469. The topological polar surface area (TPSA) is 79.8 Å². The second kappa shape index (κ2) is 15.6. The number of allylic oxidation sites excluding steroid dienone is 1. The van der Waals surface area contributed by atoms with Crippen molar-refractivity contribution in [2.24, 2.45) is 5.92 Å². The lowest BCUT2D eigenvalue weighted by Crippen LogP contribution is -2.50. The van der Waals surface area contributed by atoms with Gasteiger partial charge in [-0.05, 0) is 66.6 Å². The monoisotopic (exact) mass is 556 g/mol. The normalized spacial score (nSPS) is 18.4. The molecule has 0 saturated heterocycles. The molecule has 0 bridgehead atoms. The summed E-state index contributed by atoms with van der Waals surface area (Å²) in [6.45, 7) is 10.1. The Morgan fingerprint density at radius 3 is 2.55 bits per heavy atom. The maximum atomic E-state index is 13.9. The molecule has 0 unspecified atom stereocenters. The molecule has 0 aromatic heterocycles. The fourth-order valence-corrected chi connectivity index (χ4v) is 5.26. The summed E-state index contributed by atoms with van der Waals surface area (Å²) < 4.78 is 39.3. The SMILES string of the molecule is C=CCO[C@@H]1C[C@H](NC[C@@H](O)[C@H](Cc2cc(F)cc(F)c2)NC(=O)[C@H](CC=C)CCCC)c2cc(OC)ccc21. The van der Waals surface area contributed by atoms with Gasteiger partial charge in [-0.3, -0.25) is 4.79 Å². The van der Waals surface area contributed by atoms with Crippen molar-refractivity contribution in [2.75, 3.05) is 20.3 Å². The summed E-state index contributed by atoms with van der Waals surface area (Å²) in [6, 6.07) is 8.18. The molecule has 1 aliphatic rings. The number of carbonyl (C=O) groups is 1. The van der Waals surface area contributed by atoms with Gasteiger partial charge in [0.1, 0.15) is 17.4 Å². The predicted molar refractivity (Wildman–Crippen MR) is 153 cm³/mol. The number of aliphatic hydroxyl groups is 1. The minimum absolute atomic E-state index is 0.0675. The molecular weight excluding hydrogens is 514 g/mol. The van der Waals surface area contributed by atoms with Crippen LogP contribution in [0.4, 0.5) is 8.78 Å². The zero-order valence-electron chi connectivity index (χ0n) is 23.5. The average molecular weight is 557 g/mol. The largest absolute Gasteiger partial charge is 0.497 e. The van der Waals surface area contributed by atoms with Crippen LogP contribution in [-0.4, -0.2) is 43.4 Å². The Morgan fingerprint density at radius 1 is 1.15 bits per heavy atom. The fourth-order valence-electron chi connectivity index (χ4n) is 5.26. The van der Waals surface area contributed by atoms with E-state index in [0.29, 0.717) is 37.2 Å². The van der Waals surface area contributed by atoms with Gasteiger partial charge in [-0.15, -0.1) is 13.2 Å². The lowest BCUT2D eigenvalue weighted by molar-refractivity contribution is -0.126. The highest BCUT2D eigenvalue weighted by atomic mass is 19.1. The Morgan fingerprint density at radius 2 is 1.90 bits per heavy atom. The van der Waals surface area contributed by atoms with Crippen molar-refractivity contribution < 1.29 is 28.2 Å². The second-order valence-electron chi connectivity index (χ2n) is 10.3. The lowest BCUT2D eigenvalue weighted by Gasteiger charge is -2.28. The quantitative estimate of drug-likeness (QED) is 0.217. The van der Waals surface area contributed by atoms with Crippen molar-refractivity contribution in [3.05, 3.63) is 90.0 Å². The molecule has 5 atom stereocenters. The smallest absolute Gasteiger partial charge is 0.223 e. The zero-order chi connectivity index (χ0) is 29.1. The number of rotatable bonds is 17. The number of halogens is 2. The van der Waals surface area contributed by atoms with Gasteiger partial charge in [-0.1, -0.05) is 38.0 Å². The van der Waals surface area contributed by atoms with Crippen LogP contribution < -0.4 is 15.4 Å². The molecule has 1 aliphatic carbocycles. The number of aliphatic hydroxyl groups excluding tert-OH is 1. The molecule has 6 nitrogen and oxygen atoms in total. The van der Waals surface area contributed by atoms with Gasteiger partial charge in [0.15, 0.2) is 0 Å². The Kier molecular flexibility index (Phi) is 12.3. The Balaban J connectivity index is 1.78. The minimum atomic E-state index is -1.03. The summed E-state index contributed by atoms with van der Waals surface area (Å²) in [7, 11) is 1.61. The van der Waals surface area contributed by atoms with Crippen LogP contribution >= 0.6 is 0 Å². The van der Waals surface area contributed by atoms with Crippen LogP contribution in [0.2, 0.25) is 0 Å². The molecule has 1 amide bonds. The number of hydrogen-bond acceptors (Lipinski definition) is 5. The molecule has 3 rings (SSSR count). The summed E-state index contributed by atoms with van der Waals surface area (Å²) in [5.41, 5.74) is 2.40. The van der Waals surface area contributed by atoms with Crippen LogP contribution in [0, 0.1) is 17.6 Å². The third-order valence-electron chi connectivity index (χ3n) is 7.35. The Labute approximate surface area is 236 Å². The molecule has 8 heteroatoms. The summed E-state index contributed by atoms with van der Waals surface area (Å²) in [5.74, 6) is -1.19. The van der Waals surface area contributed by atoms with E-state index in [4.69, 9.17) is 9.47 Å². The number of amides is 1. The number of unbranched alkanes of at least 4 members (excludes halogenated alkanes) is 1. The van der Waals surface area contributed by atoms with E-state index in [0.717, 1.165) is 30.0 Å². The highest BCUT2D eigenvalue weighted by molar-refractivity contribution is 5.79. The van der Waals surface area contributed by atoms with Gasteiger partial charge < -0.3 is 25.2 Å². The van der Waals surface area contributed by atoms with E-state index in [9.17, 15) is 18.7 Å². The number of methoxy groups -OCH3 is 1. The van der Waals surface area contributed by atoms with E-state index in [2.05, 4.69) is 30.7 Å². The number of carbonyl (C=O) groups excluding carboxylic acids is 1. The maximum absolute atomic E-state index is 13.9. The van der Waals surface area contributed by atoms with Gasteiger partial charge in [-0.25, -0.2) is 8.78 Å². The molecule has 0 aliphatic heterocycles. The minimum Gasteiger partial charge on any atom is -0.497 e. The van der Waals surface area contributed by atoms with Crippen LogP contribution in [0.25, 0.3) is 0 Å². The van der Waals surface area contributed by atoms with Crippen LogP contribution in [0.1, 0.15) is 67.9 Å². The molecule has 0 heterocycles. The average Bonchev–Trinajstić information content (AvgIpc) is 3.28. The van der Waals surface area contributed by atoms with Crippen LogP contribution in [0.15, 0.2) is 61.7 Å². The van der Waals surface area contributed by atoms with Gasteiger partial charge in [0.2, 0.25) is 5.91 Å². The molecule has 0 fully saturated rings. The molecular formula is C32H42F2N2O4. The molecule has 0 spiro atoms. The number of ether oxygens (including phenoxy) is 2. The van der Waals surface area contributed by atoms with Gasteiger partial charge in [0, 0.05) is 24.6 Å². The Bertz CT molecular complexity index is 1120. The molecule has 3 N–H and O–H groups in total. The zero-order valence-corrected chi connectivity index (χ0v) is 23.5. The molecule has 218 valence electrons. The van der Waals surface area contributed by atoms with Crippen molar-refractivity contribution in [1.82, 2.24) is 10.6 Å². The van der Waals surface area contributed by atoms with Gasteiger partial charge >= 0.3 is 0 Å². The predicted octanol–water partition coefficient (Wildman–Crippen LogP) is 5.72. The van der Waals surface area contributed by atoms with Crippen molar-refractivity contribution >= 4 is 5.91 Å². The first kappa shape index (κ1) is 31.5. The van der Waals surface area contributed by atoms with E-state index in [1.54, 1.807) is 19.3 Å². The van der Waals surface area contributed by atoms with Crippen LogP contribution in [-0.2, 0) is 16.0 Å². The number of hydrogen-bond donors (Lipinski definition) is 3. The standard InChI is InChI=1S/C32H42F2N2O4/c1-5-8-10-22(9-6-2)32(38)36-29(16-21-14-23(33)17-24(34)15-21)30(37)20-35-28-19-31(40-13-7-3)26-12-11-25(39-4)18-27(26)28/h6-7,11-12,14-15,17-18,22,28-31,35,37H,2-3,5,8-10,13,16,19-20H2,1,4H3,(H,36,38)/t22-,28+,29+,30-,31-/m1/s1. The third kappa shape index (κ3) is 8.71. The third-order valence-corrected chi connectivity index (χ3v) is 7.35. The van der Waals surface area contributed by atoms with Crippen molar-refractivity contribution in [3.63, 3.8) is 0 Å². The summed E-state index contributed by atoms with van der Waals surface area (Å²) in [4.78, 5) is 13.2. The molecule has 0 radical (unpaired) electrons. The van der Waals surface area contributed by atoms with Crippen molar-refractivity contribution in [3.8, 4) is 5.75 Å². The van der Waals surface area contributed by atoms with Gasteiger partial charge in [0.05, 0.1) is 32.0 Å². The molecule has 2 aromatic carbocycles. The van der Waals surface area contributed by atoms with Crippen molar-refractivity contribution in [2.45, 2.75) is 69.7 Å². The maximum Gasteiger partial charge on any atom is 0.223 e. The molecule has 2 aromatic rings. The van der Waals surface area contributed by atoms with Crippen LogP contribution in [0.3, 0.4) is 0 Å². The lowest BCUT2D eigenvalue weighted by atomic mass is 9.95. The van der Waals surface area contributed by atoms with Crippen LogP contribution in [0.5, 0.6) is 5.75 Å². The first-order chi connectivity index (χ1) is 19.3. The van der Waals surface area contributed by atoms with E-state index < -0.39 is 23.8 Å². The summed E-state index contributed by atoms with van der Waals surface area (Å²) >= 11 is 0. The van der Waals surface area contributed by atoms with E-state index in [1.807, 2.05) is 18.2 Å². The highest BCUT2D eigenvalue weighted by Gasteiger charge is 2.33. The van der Waals surface area contributed by atoms with E-state index in [-0.39, 0.29) is 36.9 Å². The number of fused-ring (bicyclic) bond motifs is 1. The first-order valence-electron chi connectivity index (χ1n) is 14.0. The summed E-state index contributed by atoms with van der Waals surface area (Å²) in [6.07, 6.45) is 5.99. The number of nitrogens with one attached hydrogen (secondary N) is 2. The van der Waals surface area contributed by atoms with E-state index in [1.165, 1.54) is 12.1 Å². The molecule has 40 heavy (non-hydrogen) atoms. The van der Waals surface area contributed by atoms with E-state index >= 15 is 0 Å². The number of benzene rings is 2. The summed E-state index contributed by atoms with van der Waals surface area (Å²) in [5, 5.41) is 17.7. The Hall–Kier alpha value is -3.07. The second-order valence-corrected chi connectivity index (χ2v) is 10.3. The highest BCUT2D eigenvalue weighted by Crippen LogP contribution is 2.42. The molecule has 0 saturated carbocycles.